The van der Waals surface area contributed by atoms with E-state index in [2.05, 4.69) is 35.6 Å². The fourth-order valence-corrected chi connectivity index (χ4v) is 4.05. The quantitative estimate of drug-likeness (QED) is 0.331. The van der Waals surface area contributed by atoms with Crippen LogP contribution in [-0.4, -0.2) is 40.8 Å². The molecule has 1 aromatic carbocycles. The van der Waals surface area contributed by atoms with Gasteiger partial charge in [-0.2, -0.15) is 15.5 Å². The number of benzene rings is 1. The normalized spacial score (nSPS) is 11.8. The summed E-state index contributed by atoms with van der Waals surface area (Å²) in [6, 6.07) is 11.8. The number of pyridine rings is 1. The molecule has 0 saturated carbocycles. The van der Waals surface area contributed by atoms with Gasteiger partial charge in [-0.1, -0.05) is 17.7 Å². The first-order chi connectivity index (χ1) is 17.3. The van der Waals surface area contributed by atoms with Crippen LogP contribution in [0.15, 0.2) is 48.8 Å². The predicted octanol–water partition coefficient (Wildman–Crippen LogP) is 3.41. The summed E-state index contributed by atoms with van der Waals surface area (Å²) < 4.78 is 1.63. The number of hydrogen-bond donors (Lipinski definition) is 3. The first kappa shape index (κ1) is 22.9. The number of nitrogens with one attached hydrogen (secondary N) is 2. The molecule has 0 spiro atoms. The van der Waals surface area contributed by atoms with E-state index < -0.39 is 11.9 Å². The molecular weight excluding hydrogens is 480 g/mol. The average molecular weight is 499 g/mol. The third-order valence-electron chi connectivity index (χ3n) is 5.54. The van der Waals surface area contributed by atoms with Crippen molar-refractivity contribution in [2.75, 3.05) is 5.73 Å². The van der Waals surface area contributed by atoms with Crippen molar-refractivity contribution in [2.24, 2.45) is 7.05 Å². The molecule has 1 amide bonds. The molecule has 4 heterocycles. The van der Waals surface area contributed by atoms with Gasteiger partial charge in [0, 0.05) is 24.2 Å². The number of halogens is 1. The average Bonchev–Trinajstić information content (AvgIpc) is 3.53. The number of rotatable bonds is 5. The molecule has 0 radical (unpaired) electrons. The third kappa shape index (κ3) is 4.21. The van der Waals surface area contributed by atoms with E-state index >= 15 is 0 Å². The molecule has 4 aromatic heterocycles. The molecule has 1 atom stereocenters. The Morgan fingerprint density at radius 3 is 2.81 bits per heavy atom. The lowest BCUT2D eigenvalue weighted by atomic mass is 10.1. The highest BCUT2D eigenvalue weighted by Gasteiger charge is 2.23. The van der Waals surface area contributed by atoms with Crippen LogP contribution in [-0.2, 0) is 7.05 Å². The van der Waals surface area contributed by atoms with Gasteiger partial charge >= 0.3 is 0 Å². The Morgan fingerprint density at radius 2 is 2.06 bits per heavy atom. The van der Waals surface area contributed by atoms with Crippen molar-refractivity contribution in [3.8, 4) is 28.7 Å². The van der Waals surface area contributed by atoms with Gasteiger partial charge in [0.1, 0.15) is 23.2 Å². The number of nitriles is 1. The lowest BCUT2D eigenvalue weighted by Crippen LogP contribution is -2.29. The van der Waals surface area contributed by atoms with Crippen molar-refractivity contribution < 1.29 is 4.79 Å². The molecule has 0 saturated heterocycles. The van der Waals surface area contributed by atoms with Crippen molar-refractivity contribution in [3.05, 3.63) is 70.9 Å². The highest BCUT2D eigenvalue weighted by atomic mass is 35.5. The summed E-state index contributed by atoms with van der Waals surface area (Å²) in [5, 5.41) is 24.5. The molecule has 0 unspecified atom stereocenters. The Kier molecular flexibility index (Phi) is 5.79. The molecular formula is C24H19ClN10O. The molecule has 0 aliphatic rings. The summed E-state index contributed by atoms with van der Waals surface area (Å²) in [5.74, 6) is -0.598. The van der Waals surface area contributed by atoms with Crippen LogP contribution in [0.4, 0.5) is 5.82 Å². The van der Waals surface area contributed by atoms with Crippen molar-refractivity contribution >= 4 is 34.2 Å². The lowest BCUT2D eigenvalue weighted by molar-refractivity contribution is 0.0935. The maximum absolute atomic E-state index is 13.2. The van der Waals surface area contributed by atoms with Gasteiger partial charge in [0.05, 0.1) is 34.2 Å². The maximum atomic E-state index is 13.2. The second kappa shape index (κ2) is 9.09. The smallest absolute Gasteiger partial charge is 0.274 e. The molecule has 5 aromatic rings. The number of carbonyl (C=O) groups is 1. The van der Waals surface area contributed by atoms with E-state index in [0.717, 1.165) is 5.39 Å². The van der Waals surface area contributed by atoms with Gasteiger partial charge in [0.2, 0.25) is 0 Å². The number of aryl methyl sites for hydroxylation is 1. The van der Waals surface area contributed by atoms with Crippen LogP contribution >= 0.6 is 11.6 Å². The Labute approximate surface area is 210 Å². The molecule has 12 heteroatoms. The number of anilines is 1. The van der Waals surface area contributed by atoms with Gasteiger partial charge in [-0.05, 0) is 37.3 Å². The number of nitrogen functional groups attached to an aromatic ring is 1. The fourth-order valence-electron chi connectivity index (χ4n) is 3.78. The third-order valence-corrected chi connectivity index (χ3v) is 5.84. The van der Waals surface area contributed by atoms with E-state index in [9.17, 15) is 4.79 Å². The molecule has 4 N–H and O–H groups in total. The van der Waals surface area contributed by atoms with Crippen molar-refractivity contribution in [1.82, 2.24) is 40.2 Å². The Bertz CT molecular complexity index is 1670. The van der Waals surface area contributed by atoms with Gasteiger partial charge in [0.15, 0.2) is 11.5 Å². The summed E-state index contributed by atoms with van der Waals surface area (Å²) in [4.78, 5) is 26.6. The van der Waals surface area contributed by atoms with Gasteiger partial charge in [-0.25, -0.2) is 15.0 Å². The van der Waals surface area contributed by atoms with Crippen LogP contribution < -0.4 is 11.1 Å². The van der Waals surface area contributed by atoms with Gasteiger partial charge < -0.3 is 11.1 Å². The summed E-state index contributed by atoms with van der Waals surface area (Å²) in [5.41, 5.74) is 9.55. The van der Waals surface area contributed by atoms with E-state index in [1.165, 1.54) is 0 Å². The largest absolute Gasteiger partial charge is 0.382 e. The lowest BCUT2D eigenvalue weighted by Gasteiger charge is -2.16. The number of aromatic amines is 1. The van der Waals surface area contributed by atoms with E-state index in [4.69, 9.17) is 22.6 Å². The minimum absolute atomic E-state index is 0.0571. The number of nitrogens with zero attached hydrogens (tertiary/aromatic N) is 7. The Hall–Kier alpha value is -4.82. The molecule has 178 valence electrons. The molecule has 0 bridgehead atoms. The number of carbonyl (C=O) groups excluding carboxylic acids is 1. The zero-order valence-electron chi connectivity index (χ0n) is 19.2. The SMILES string of the molecule is C[C@@H](NC(=O)c1nc(-c2cc(Cl)c3[nH]ncc3c2)c(-c2ccn(C)n2)nc1N)c1cccc(C#N)n1. The second-order valence-electron chi connectivity index (χ2n) is 8.08. The van der Waals surface area contributed by atoms with E-state index in [1.807, 2.05) is 12.1 Å². The number of H-pyrrole nitrogens is 1. The first-order valence-electron chi connectivity index (χ1n) is 10.8. The van der Waals surface area contributed by atoms with Gasteiger partial charge in [-0.15, -0.1) is 0 Å². The zero-order valence-corrected chi connectivity index (χ0v) is 19.9. The Morgan fingerprint density at radius 1 is 1.22 bits per heavy atom. The number of aromatic nitrogens is 7. The summed E-state index contributed by atoms with van der Waals surface area (Å²) >= 11 is 6.48. The molecule has 0 fully saturated rings. The van der Waals surface area contributed by atoms with Crippen molar-refractivity contribution in [3.63, 3.8) is 0 Å². The van der Waals surface area contributed by atoms with Crippen LogP contribution in [0.2, 0.25) is 5.02 Å². The predicted molar refractivity (Wildman–Crippen MR) is 134 cm³/mol. The molecule has 5 rings (SSSR count). The van der Waals surface area contributed by atoms with Crippen LogP contribution in [0.3, 0.4) is 0 Å². The van der Waals surface area contributed by atoms with Crippen LogP contribution in [0.1, 0.15) is 34.8 Å². The summed E-state index contributed by atoms with van der Waals surface area (Å²) in [7, 11) is 1.78. The van der Waals surface area contributed by atoms with Crippen molar-refractivity contribution in [1.29, 1.82) is 5.26 Å². The molecule has 0 aliphatic carbocycles. The van der Waals surface area contributed by atoms with Crippen molar-refractivity contribution in [2.45, 2.75) is 13.0 Å². The van der Waals surface area contributed by atoms with Gasteiger partial charge in [0.25, 0.3) is 5.91 Å². The first-order valence-corrected chi connectivity index (χ1v) is 11.2. The van der Waals surface area contributed by atoms with Crippen LogP contribution in [0.5, 0.6) is 0 Å². The second-order valence-corrected chi connectivity index (χ2v) is 8.48. The highest BCUT2D eigenvalue weighted by molar-refractivity contribution is 6.35. The summed E-state index contributed by atoms with van der Waals surface area (Å²) in [6.45, 7) is 1.75. The minimum atomic E-state index is -0.541. The molecule has 36 heavy (non-hydrogen) atoms. The number of amides is 1. The number of hydrogen-bond acceptors (Lipinski definition) is 8. The Balaban J connectivity index is 1.59. The van der Waals surface area contributed by atoms with Gasteiger partial charge in [-0.3, -0.25) is 14.6 Å². The number of nitrogens with two attached hydrogens (primary N) is 1. The highest BCUT2D eigenvalue weighted by Crippen LogP contribution is 2.34. The standard InChI is InChI=1S/C24H19ClN10O/c1-12(17-5-3-4-15(10-26)30-17)29-24(36)22-23(27)32-21(18-6-7-35(2)34-18)20(31-22)13-8-14-11-28-33-19(14)16(25)9-13/h3-9,11-12H,1-2H3,(H2,27,32)(H,28,33)(H,29,36)/t12-/m1/s1. The maximum Gasteiger partial charge on any atom is 0.274 e. The topological polar surface area (TPSA) is 164 Å². The monoisotopic (exact) mass is 498 g/mol. The van der Waals surface area contributed by atoms with Crippen LogP contribution in [0, 0.1) is 11.3 Å². The number of fused-ring (bicyclic) bond motifs is 1. The van der Waals surface area contributed by atoms with E-state index in [0.29, 0.717) is 38.9 Å². The fraction of sp³-hybridized carbons (Fsp3) is 0.125. The zero-order chi connectivity index (χ0) is 25.4. The van der Waals surface area contributed by atoms with E-state index in [-0.39, 0.29) is 17.2 Å². The minimum Gasteiger partial charge on any atom is -0.382 e. The molecule has 11 nitrogen and oxygen atoms in total. The van der Waals surface area contributed by atoms with Crippen LogP contribution in [0.25, 0.3) is 33.5 Å². The molecule has 0 aliphatic heterocycles. The summed E-state index contributed by atoms with van der Waals surface area (Å²) in [6.07, 6.45) is 3.42. The van der Waals surface area contributed by atoms with E-state index in [1.54, 1.807) is 61.4 Å².